The lowest BCUT2D eigenvalue weighted by molar-refractivity contribution is -0.145. The molecule has 2 heterocycles. The molecule has 0 radical (unpaired) electrons. The highest BCUT2D eigenvalue weighted by molar-refractivity contribution is 5.53. The normalized spacial score (nSPS) is 12.3. The van der Waals surface area contributed by atoms with Crippen LogP contribution in [-0.2, 0) is 6.18 Å². The van der Waals surface area contributed by atoms with Crippen LogP contribution >= 0.6 is 0 Å². The summed E-state index contributed by atoms with van der Waals surface area (Å²) in [5.41, 5.74) is 6.59. The molecule has 0 atom stereocenters. The monoisotopic (exact) mass is 216 g/mol. The second-order valence-corrected chi connectivity index (χ2v) is 3.16. The molecule has 2 rings (SSSR count). The van der Waals surface area contributed by atoms with E-state index in [1.807, 2.05) is 0 Å². The maximum Gasteiger partial charge on any atom is 0.452 e. The predicted octanol–water partition coefficient (Wildman–Crippen LogP) is 1.64. The van der Waals surface area contributed by atoms with E-state index in [0.717, 1.165) is 4.40 Å². The lowest BCUT2D eigenvalue weighted by Crippen LogP contribution is -2.11. The Morgan fingerprint density at radius 3 is 2.60 bits per heavy atom. The van der Waals surface area contributed by atoms with Gasteiger partial charge in [0.25, 0.3) is 0 Å². The van der Waals surface area contributed by atoms with Crippen LogP contribution in [0.2, 0.25) is 0 Å². The zero-order valence-corrected chi connectivity index (χ0v) is 7.71. The molecule has 0 amide bonds. The van der Waals surface area contributed by atoms with E-state index in [4.69, 9.17) is 5.73 Å². The zero-order chi connectivity index (χ0) is 11.2. The Bertz CT molecular complexity index is 514. The molecule has 2 aromatic heterocycles. The Balaban J connectivity index is 2.75. The third kappa shape index (κ3) is 1.49. The zero-order valence-electron chi connectivity index (χ0n) is 7.71. The number of fused-ring (bicyclic) bond motifs is 1. The van der Waals surface area contributed by atoms with E-state index in [-0.39, 0.29) is 11.3 Å². The Morgan fingerprint density at radius 1 is 1.33 bits per heavy atom. The van der Waals surface area contributed by atoms with Crippen LogP contribution in [0.1, 0.15) is 11.4 Å². The largest absolute Gasteiger partial charge is 0.452 e. The lowest BCUT2D eigenvalue weighted by atomic mass is 10.2. The van der Waals surface area contributed by atoms with Crippen molar-refractivity contribution < 1.29 is 13.2 Å². The first-order valence-electron chi connectivity index (χ1n) is 4.07. The van der Waals surface area contributed by atoms with E-state index < -0.39 is 12.0 Å². The summed E-state index contributed by atoms with van der Waals surface area (Å²) in [5.74, 6) is -1.07. The first-order valence-corrected chi connectivity index (χ1v) is 4.07. The summed E-state index contributed by atoms with van der Waals surface area (Å²) in [5, 5.41) is 6.51. The summed E-state index contributed by atoms with van der Waals surface area (Å²) in [6.07, 6.45) is -3.35. The third-order valence-corrected chi connectivity index (χ3v) is 2.04. The molecular weight excluding hydrogens is 209 g/mol. The number of halogens is 3. The van der Waals surface area contributed by atoms with Crippen molar-refractivity contribution in [2.24, 2.45) is 0 Å². The predicted molar refractivity (Wildman–Crippen MR) is 47.1 cm³/mol. The number of alkyl halides is 3. The minimum atomic E-state index is -4.53. The quantitative estimate of drug-likeness (QED) is 0.728. The number of nitrogens with zero attached hydrogens (tertiary/aromatic N) is 3. The molecule has 7 heteroatoms. The second-order valence-electron chi connectivity index (χ2n) is 3.16. The van der Waals surface area contributed by atoms with Crippen molar-refractivity contribution in [1.29, 1.82) is 0 Å². The van der Waals surface area contributed by atoms with E-state index in [2.05, 4.69) is 10.2 Å². The van der Waals surface area contributed by atoms with Crippen molar-refractivity contribution in [3.63, 3.8) is 0 Å². The highest BCUT2D eigenvalue weighted by atomic mass is 19.4. The summed E-state index contributed by atoms with van der Waals surface area (Å²) < 4.78 is 38.1. The van der Waals surface area contributed by atoms with E-state index in [1.165, 1.54) is 12.3 Å². The average Bonchev–Trinajstić information content (AvgIpc) is 2.47. The SMILES string of the molecule is Cc1cc2nnc(C(F)(F)F)n2cc1N. The van der Waals surface area contributed by atoms with Gasteiger partial charge in [0.2, 0.25) is 5.82 Å². The number of pyridine rings is 1. The van der Waals surface area contributed by atoms with Crippen LogP contribution in [0.3, 0.4) is 0 Å². The van der Waals surface area contributed by atoms with Crippen molar-refractivity contribution in [2.45, 2.75) is 13.1 Å². The Labute approximate surface area is 82.5 Å². The van der Waals surface area contributed by atoms with Crippen LogP contribution in [0.25, 0.3) is 5.65 Å². The van der Waals surface area contributed by atoms with Crippen molar-refractivity contribution in [1.82, 2.24) is 14.6 Å². The van der Waals surface area contributed by atoms with Gasteiger partial charge in [-0.25, -0.2) is 0 Å². The Kier molecular flexibility index (Phi) is 1.85. The molecule has 15 heavy (non-hydrogen) atoms. The molecule has 4 nitrogen and oxygen atoms in total. The molecule has 0 saturated heterocycles. The van der Waals surface area contributed by atoms with Crippen LogP contribution in [0.15, 0.2) is 12.3 Å². The second kappa shape index (κ2) is 2.85. The van der Waals surface area contributed by atoms with E-state index in [1.54, 1.807) is 6.92 Å². The smallest absolute Gasteiger partial charge is 0.397 e. The van der Waals surface area contributed by atoms with Gasteiger partial charge < -0.3 is 5.73 Å². The minimum Gasteiger partial charge on any atom is -0.397 e. The Morgan fingerprint density at radius 2 is 2.00 bits per heavy atom. The highest BCUT2D eigenvalue weighted by Gasteiger charge is 2.36. The Hall–Kier alpha value is -1.79. The van der Waals surface area contributed by atoms with Gasteiger partial charge in [-0.15, -0.1) is 10.2 Å². The molecule has 0 unspecified atom stereocenters. The van der Waals surface area contributed by atoms with Crippen LogP contribution in [0.4, 0.5) is 18.9 Å². The molecule has 0 aliphatic heterocycles. The van der Waals surface area contributed by atoms with E-state index >= 15 is 0 Å². The molecular formula is C8H7F3N4. The molecule has 0 bridgehead atoms. The van der Waals surface area contributed by atoms with Crippen LogP contribution in [0, 0.1) is 6.92 Å². The van der Waals surface area contributed by atoms with Gasteiger partial charge in [0.05, 0.1) is 5.69 Å². The summed E-state index contributed by atoms with van der Waals surface area (Å²) in [6.45, 7) is 1.69. The number of rotatable bonds is 0. The highest BCUT2D eigenvalue weighted by Crippen LogP contribution is 2.28. The van der Waals surface area contributed by atoms with Gasteiger partial charge >= 0.3 is 6.18 Å². The van der Waals surface area contributed by atoms with Gasteiger partial charge in [0, 0.05) is 6.20 Å². The van der Waals surface area contributed by atoms with Gasteiger partial charge in [-0.2, -0.15) is 13.2 Å². The molecule has 0 aliphatic rings. The van der Waals surface area contributed by atoms with Crippen LogP contribution in [0.5, 0.6) is 0 Å². The number of aromatic nitrogens is 3. The summed E-state index contributed by atoms with van der Waals surface area (Å²) in [6, 6.07) is 1.46. The van der Waals surface area contributed by atoms with Gasteiger partial charge in [0.15, 0.2) is 5.65 Å². The molecule has 0 fully saturated rings. The molecule has 2 N–H and O–H groups in total. The molecule has 2 aromatic rings. The fraction of sp³-hybridized carbons (Fsp3) is 0.250. The summed E-state index contributed by atoms with van der Waals surface area (Å²) in [4.78, 5) is 0. The van der Waals surface area contributed by atoms with Gasteiger partial charge in [0.1, 0.15) is 0 Å². The van der Waals surface area contributed by atoms with Crippen molar-refractivity contribution in [3.05, 3.63) is 23.7 Å². The number of hydrogen-bond acceptors (Lipinski definition) is 3. The fourth-order valence-corrected chi connectivity index (χ4v) is 1.24. The van der Waals surface area contributed by atoms with Gasteiger partial charge in [-0.3, -0.25) is 4.40 Å². The van der Waals surface area contributed by atoms with Crippen molar-refractivity contribution in [2.75, 3.05) is 5.73 Å². The number of hydrogen-bond donors (Lipinski definition) is 1. The van der Waals surface area contributed by atoms with Crippen LogP contribution in [-0.4, -0.2) is 14.6 Å². The third-order valence-electron chi connectivity index (χ3n) is 2.04. The van der Waals surface area contributed by atoms with Gasteiger partial charge in [-0.05, 0) is 18.6 Å². The minimum absolute atomic E-state index is 0.133. The first kappa shape index (κ1) is 9.75. The summed E-state index contributed by atoms with van der Waals surface area (Å²) in [7, 11) is 0. The topological polar surface area (TPSA) is 56.2 Å². The van der Waals surface area contributed by atoms with E-state index in [9.17, 15) is 13.2 Å². The maximum absolute atomic E-state index is 12.4. The number of anilines is 1. The molecule has 0 spiro atoms. The summed E-state index contributed by atoms with van der Waals surface area (Å²) >= 11 is 0. The maximum atomic E-state index is 12.4. The standard InChI is InChI=1S/C8H7F3N4/c1-4-2-6-13-14-7(8(9,10)11)15(6)3-5(4)12/h2-3H,12H2,1H3. The van der Waals surface area contributed by atoms with Gasteiger partial charge in [-0.1, -0.05) is 0 Å². The molecule has 80 valence electrons. The van der Waals surface area contributed by atoms with Crippen molar-refractivity contribution >= 4 is 11.3 Å². The molecule has 0 aliphatic carbocycles. The van der Waals surface area contributed by atoms with E-state index in [0.29, 0.717) is 5.56 Å². The number of nitrogen functional groups attached to an aromatic ring is 1. The molecule has 0 saturated carbocycles. The number of aryl methyl sites for hydroxylation is 1. The fourth-order valence-electron chi connectivity index (χ4n) is 1.24. The number of nitrogens with two attached hydrogens (primary N) is 1. The first-order chi connectivity index (χ1) is 6.89. The lowest BCUT2D eigenvalue weighted by Gasteiger charge is -2.05. The average molecular weight is 216 g/mol. The van der Waals surface area contributed by atoms with Crippen LogP contribution < -0.4 is 5.73 Å². The van der Waals surface area contributed by atoms with Crippen molar-refractivity contribution in [3.8, 4) is 0 Å². The molecule has 0 aromatic carbocycles.